The van der Waals surface area contributed by atoms with Crippen LogP contribution in [-0.2, 0) is 0 Å². The first-order valence-electron chi connectivity index (χ1n) is 8.62. The summed E-state index contributed by atoms with van der Waals surface area (Å²) in [6.45, 7) is 5.08. The predicted octanol–water partition coefficient (Wildman–Crippen LogP) is 2.94. The minimum atomic E-state index is -0.455. The van der Waals surface area contributed by atoms with Crippen molar-refractivity contribution >= 4 is 5.91 Å². The summed E-state index contributed by atoms with van der Waals surface area (Å²) >= 11 is 0. The van der Waals surface area contributed by atoms with Gasteiger partial charge in [-0.3, -0.25) is 9.59 Å². The van der Waals surface area contributed by atoms with Crippen LogP contribution < -0.4 is 5.43 Å². The number of halogens is 1. The number of hydrogen-bond donors (Lipinski definition) is 0. The van der Waals surface area contributed by atoms with Crippen LogP contribution in [-0.4, -0.2) is 33.7 Å². The van der Waals surface area contributed by atoms with Crippen molar-refractivity contribution in [1.29, 1.82) is 0 Å². The smallest absolute Gasteiger partial charge is 0.278 e. The van der Waals surface area contributed by atoms with Crippen LogP contribution in [0.2, 0.25) is 0 Å². The summed E-state index contributed by atoms with van der Waals surface area (Å²) in [6.07, 6.45) is 2.91. The van der Waals surface area contributed by atoms with E-state index in [1.54, 1.807) is 30.0 Å². The fourth-order valence-electron chi connectivity index (χ4n) is 3.18. The Labute approximate surface area is 146 Å². The van der Waals surface area contributed by atoms with Crippen LogP contribution in [0.25, 0.3) is 5.69 Å². The van der Waals surface area contributed by atoms with Gasteiger partial charge in [0.2, 0.25) is 5.43 Å². The average Bonchev–Trinajstić information content (AvgIpc) is 2.80. The predicted molar refractivity (Wildman–Crippen MR) is 93.4 cm³/mol. The first-order chi connectivity index (χ1) is 12.0. The number of amides is 1. The molecule has 1 atom stereocenters. The molecule has 1 aliphatic rings. The minimum Gasteiger partial charge on any atom is -0.337 e. The number of aromatic nitrogens is 2. The van der Waals surface area contributed by atoms with Crippen molar-refractivity contribution in [2.75, 3.05) is 13.1 Å². The number of carbonyl (C=O) groups excluding carboxylic acids is 1. The maximum absolute atomic E-state index is 14.1. The third-order valence-corrected chi connectivity index (χ3v) is 4.69. The highest BCUT2D eigenvalue weighted by atomic mass is 19.1. The second kappa shape index (κ2) is 7.17. The number of aryl methyl sites for hydroxylation is 1. The van der Waals surface area contributed by atoms with Gasteiger partial charge in [-0.1, -0.05) is 19.1 Å². The van der Waals surface area contributed by atoms with E-state index in [0.717, 1.165) is 19.3 Å². The molecule has 6 heteroatoms. The number of nitrogens with zero attached hydrogens (tertiary/aromatic N) is 3. The lowest BCUT2D eigenvalue weighted by Crippen LogP contribution is -2.37. The number of hydrogen-bond acceptors (Lipinski definition) is 3. The molecule has 1 aromatic heterocycles. The second-order valence-electron chi connectivity index (χ2n) is 6.69. The summed E-state index contributed by atoms with van der Waals surface area (Å²) < 4.78 is 15.4. The van der Waals surface area contributed by atoms with Crippen LogP contribution in [0.4, 0.5) is 4.39 Å². The Balaban J connectivity index is 1.99. The lowest BCUT2D eigenvalue weighted by atomic mass is 10.0. The van der Waals surface area contributed by atoms with Crippen molar-refractivity contribution in [1.82, 2.24) is 14.7 Å². The molecule has 5 nitrogen and oxygen atoms in total. The Morgan fingerprint density at radius 2 is 2.00 bits per heavy atom. The molecule has 3 rings (SSSR count). The Morgan fingerprint density at radius 1 is 1.24 bits per heavy atom. The maximum Gasteiger partial charge on any atom is 0.278 e. The summed E-state index contributed by atoms with van der Waals surface area (Å²) in [5.41, 5.74) is 0.130. The van der Waals surface area contributed by atoms with E-state index < -0.39 is 11.2 Å². The molecule has 0 bridgehead atoms. The molecule has 1 fully saturated rings. The summed E-state index contributed by atoms with van der Waals surface area (Å²) in [6, 6.07) is 7.51. The third-order valence-electron chi connectivity index (χ3n) is 4.69. The zero-order valence-electron chi connectivity index (χ0n) is 14.5. The van der Waals surface area contributed by atoms with E-state index in [0.29, 0.717) is 24.7 Å². The molecule has 1 amide bonds. The van der Waals surface area contributed by atoms with Gasteiger partial charge in [-0.05, 0) is 44.2 Å². The third kappa shape index (κ3) is 3.62. The first-order valence-corrected chi connectivity index (χ1v) is 8.62. The molecule has 2 aromatic rings. The van der Waals surface area contributed by atoms with Gasteiger partial charge in [0.15, 0.2) is 5.69 Å². The van der Waals surface area contributed by atoms with E-state index in [4.69, 9.17) is 0 Å². The highest BCUT2D eigenvalue weighted by molar-refractivity contribution is 5.92. The Morgan fingerprint density at radius 3 is 2.76 bits per heavy atom. The zero-order valence-corrected chi connectivity index (χ0v) is 14.5. The molecule has 132 valence electrons. The van der Waals surface area contributed by atoms with E-state index >= 15 is 0 Å². The molecule has 0 N–H and O–H groups in total. The molecule has 1 aliphatic heterocycles. The van der Waals surface area contributed by atoms with Crippen LogP contribution in [0.5, 0.6) is 0 Å². The van der Waals surface area contributed by atoms with Gasteiger partial charge in [0.25, 0.3) is 5.91 Å². The Bertz CT molecular complexity index is 847. The molecule has 1 unspecified atom stereocenters. The van der Waals surface area contributed by atoms with E-state index in [9.17, 15) is 14.0 Å². The molecular weight excluding hydrogens is 321 g/mol. The zero-order chi connectivity index (χ0) is 18.0. The largest absolute Gasteiger partial charge is 0.337 e. The van der Waals surface area contributed by atoms with Crippen LogP contribution >= 0.6 is 0 Å². The van der Waals surface area contributed by atoms with Crippen LogP contribution in [0.15, 0.2) is 35.1 Å². The standard InChI is InChI=1S/C19H22FN3O2/c1-13-6-5-10-22(11-9-13)19(25)18-17(24)12-14(2)23(21-18)16-8-4-3-7-15(16)20/h3-4,7-8,12-13H,5-6,9-11H2,1-2H3. The average molecular weight is 343 g/mol. The monoisotopic (exact) mass is 343 g/mol. The fraction of sp³-hybridized carbons (Fsp3) is 0.421. The van der Waals surface area contributed by atoms with Crippen LogP contribution in [0.1, 0.15) is 42.4 Å². The molecule has 2 heterocycles. The summed E-state index contributed by atoms with van der Waals surface area (Å²) in [7, 11) is 0. The van der Waals surface area contributed by atoms with Crippen LogP contribution in [0, 0.1) is 18.7 Å². The number of benzene rings is 1. The van der Waals surface area contributed by atoms with Crippen molar-refractivity contribution in [3.63, 3.8) is 0 Å². The Kier molecular flexibility index (Phi) is 4.97. The van der Waals surface area contributed by atoms with E-state index in [-0.39, 0.29) is 17.3 Å². The lowest BCUT2D eigenvalue weighted by molar-refractivity contribution is 0.0751. The van der Waals surface area contributed by atoms with Gasteiger partial charge in [0, 0.05) is 24.8 Å². The Hall–Kier alpha value is -2.50. The number of para-hydroxylation sites is 1. The van der Waals surface area contributed by atoms with Crippen molar-refractivity contribution < 1.29 is 9.18 Å². The van der Waals surface area contributed by atoms with Crippen molar-refractivity contribution in [2.45, 2.75) is 33.1 Å². The van der Waals surface area contributed by atoms with Crippen molar-refractivity contribution in [3.05, 3.63) is 57.8 Å². The summed E-state index contributed by atoms with van der Waals surface area (Å²) in [5.74, 6) is -0.258. The van der Waals surface area contributed by atoms with Gasteiger partial charge in [-0.15, -0.1) is 0 Å². The molecule has 0 saturated carbocycles. The quantitative estimate of drug-likeness (QED) is 0.842. The molecular formula is C19H22FN3O2. The molecule has 0 aliphatic carbocycles. The highest BCUT2D eigenvalue weighted by Crippen LogP contribution is 2.18. The molecule has 1 aromatic carbocycles. The maximum atomic E-state index is 14.1. The lowest BCUT2D eigenvalue weighted by Gasteiger charge is -2.20. The van der Waals surface area contributed by atoms with Gasteiger partial charge in [0.05, 0.1) is 0 Å². The van der Waals surface area contributed by atoms with Gasteiger partial charge >= 0.3 is 0 Å². The SMILES string of the molecule is Cc1cc(=O)c(C(=O)N2CCCC(C)CC2)nn1-c1ccccc1F. The fourth-order valence-corrected chi connectivity index (χ4v) is 3.18. The van der Waals surface area contributed by atoms with Gasteiger partial charge in [-0.25, -0.2) is 9.07 Å². The van der Waals surface area contributed by atoms with Gasteiger partial charge in [-0.2, -0.15) is 5.10 Å². The van der Waals surface area contributed by atoms with Crippen molar-refractivity contribution in [3.8, 4) is 5.69 Å². The van der Waals surface area contributed by atoms with Gasteiger partial charge in [0.1, 0.15) is 11.5 Å². The van der Waals surface area contributed by atoms with Crippen LogP contribution in [0.3, 0.4) is 0 Å². The van der Waals surface area contributed by atoms with Gasteiger partial charge < -0.3 is 4.90 Å². The van der Waals surface area contributed by atoms with E-state index in [1.807, 2.05) is 0 Å². The number of likely N-dealkylation sites (tertiary alicyclic amines) is 1. The molecule has 1 saturated heterocycles. The molecule has 0 spiro atoms. The number of carbonyl (C=O) groups is 1. The normalized spacial score (nSPS) is 18.0. The molecule has 25 heavy (non-hydrogen) atoms. The first kappa shape index (κ1) is 17.3. The topological polar surface area (TPSA) is 55.2 Å². The number of rotatable bonds is 2. The second-order valence-corrected chi connectivity index (χ2v) is 6.69. The highest BCUT2D eigenvalue weighted by Gasteiger charge is 2.24. The summed E-state index contributed by atoms with van der Waals surface area (Å²) in [4.78, 5) is 26.8. The van der Waals surface area contributed by atoms with E-state index in [2.05, 4.69) is 12.0 Å². The van der Waals surface area contributed by atoms with E-state index in [1.165, 1.54) is 16.8 Å². The summed E-state index contributed by atoms with van der Waals surface area (Å²) in [5, 5.41) is 4.20. The minimum absolute atomic E-state index is 0.150. The molecule has 0 radical (unpaired) electrons. The van der Waals surface area contributed by atoms with Crippen molar-refractivity contribution in [2.24, 2.45) is 5.92 Å².